The van der Waals surface area contributed by atoms with Crippen LogP contribution >= 0.6 is 24.0 Å². The molecule has 6 nitrogen and oxygen atoms in total. The van der Waals surface area contributed by atoms with Crippen molar-refractivity contribution in [3.63, 3.8) is 0 Å². The van der Waals surface area contributed by atoms with Gasteiger partial charge in [0, 0.05) is 6.54 Å². The molecule has 0 atom stereocenters. The van der Waals surface area contributed by atoms with Gasteiger partial charge in [-0.25, -0.2) is 0 Å². The number of thioether (sulfide) groups is 1. The minimum absolute atomic E-state index is 0.111. The lowest BCUT2D eigenvalue weighted by Gasteiger charge is -2.12. The fourth-order valence-electron chi connectivity index (χ4n) is 2.15. The van der Waals surface area contributed by atoms with Crippen molar-refractivity contribution in [3.05, 3.63) is 28.7 Å². The third-order valence-corrected chi connectivity index (χ3v) is 4.71. The van der Waals surface area contributed by atoms with Crippen LogP contribution < -0.4 is 9.47 Å². The molecule has 1 amide bonds. The molecular weight excluding hydrogens is 338 g/mol. The average molecular weight is 351 g/mol. The van der Waals surface area contributed by atoms with Gasteiger partial charge in [-0.1, -0.05) is 30.0 Å². The van der Waals surface area contributed by atoms with Crippen LogP contribution in [0.2, 0.25) is 0 Å². The molecule has 0 bridgehead atoms. The molecule has 3 rings (SSSR count). The van der Waals surface area contributed by atoms with Crippen molar-refractivity contribution >= 4 is 46.3 Å². The number of carbonyl (C=O) groups is 2. The second-order valence-electron chi connectivity index (χ2n) is 4.77. The van der Waals surface area contributed by atoms with Crippen LogP contribution in [0.1, 0.15) is 12.0 Å². The third kappa shape index (κ3) is 3.32. The summed E-state index contributed by atoms with van der Waals surface area (Å²) in [7, 11) is 1.31. The maximum Gasteiger partial charge on any atom is 0.307 e. The van der Waals surface area contributed by atoms with Gasteiger partial charge in [0.2, 0.25) is 6.79 Å². The number of nitrogens with zero attached hydrogens (tertiary/aromatic N) is 1. The van der Waals surface area contributed by atoms with E-state index in [1.165, 1.54) is 23.8 Å². The Morgan fingerprint density at radius 2 is 2.22 bits per heavy atom. The molecule has 0 unspecified atom stereocenters. The molecule has 2 aliphatic rings. The third-order valence-electron chi connectivity index (χ3n) is 3.34. The number of amides is 1. The van der Waals surface area contributed by atoms with E-state index in [1.807, 2.05) is 12.1 Å². The summed E-state index contributed by atoms with van der Waals surface area (Å²) < 4.78 is 15.6. The standard InChI is InChI=1S/C15H13NO5S2/c1-19-13(17)4-5-16-14(18)12(23-15(16)22)7-9-2-3-10-11(6-9)21-8-20-10/h2-3,6-7H,4-5,8H2,1H3/b12-7+. The van der Waals surface area contributed by atoms with E-state index in [1.54, 1.807) is 12.1 Å². The quantitative estimate of drug-likeness (QED) is 0.468. The van der Waals surface area contributed by atoms with Crippen LogP contribution in [0, 0.1) is 0 Å². The fraction of sp³-hybridized carbons (Fsp3) is 0.267. The number of hydrogen-bond donors (Lipinski definition) is 0. The van der Waals surface area contributed by atoms with Crippen molar-refractivity contribution in [1.29, 1.82) is 0 Å². The minimum Gasteiger partial charge on any atom is -0.469 e. The Morgan fingerprint density at radius 3 is 3.00 bits per heavy atom. The summed E-state index contributed by atoms with van der Waals surface area (Å²) in [6, 6.07) is 5.45. The molecule has 1 saturated heterocycles. The largest absolute Gasteiger partial charge is 0.469 e. The number of benzene rings is 1. The molecule has 1 aromatic rings. The Balaban J connectivity index is 1.74. The summed E-state index contributed by atoms with van der Waals surface area (Å²) in [4.78, 5) is 25.5. The SMILES string of the molecule is COC(=O)CCN1C(=O)/C(=C\c2ccc3c(c2)OCO3)SC1=S. The molecule has 0 saturated carbocycles. The number of thiocarbonyl (C=S) groups is 1. The maximum absolute atomic E-state index is 12.4. The Labute approximate surface area is 142 Å². The predicted molar refractivity (Wildman–Crippen MR) is 89.1 cm³/mol. The average Bonchev–Trinajstić information content (AvgIpc) is 3.10. The summed E-state index contributed by atoms with van der Waals surface area (Å²) in [6.07, 6.45) is 1.86. The van der Waals surface area contributed by atoms with E-state index in [4.69, 9.17) is 21.7 Å². The normalized spacial score (nSPS) is 18.0. The van der Waals surface area contributed by atoms with Gasteiger partial charge in [0.05, 0.1) is 18.4 Å². The van der Waals surface area contributed by atoms with Crippen LogP contribution in [0.25, 0.3) is 6.08 Å². The first kappa shape index (κ1) is 15.8. The zero-order valence-electron chi connectivity index (χ0n) is 12.2. The molecule has 1 aromatic carbocycles. The molecule has 2 heterocycles. The monoisotopic (exact) mass is 351 g/mol. The van der Waals surface area contributed by atoms with Gasteiger partial charge in [0.15, 0.2) is 11.5 Å². The highest BCUT2D eigenvalue weighted by Gasteiger charge is 2.32. The molecule has 23 heavy (non-hydrogen) atoms. The molecule has 8 heteroatoms. The van der Waals surface area contributed by atoms with Crippen LogP contribution in [0.3, 0.4) is 0 Å². The van der Waals surface area contributed by atoms with Gasteiger partial charge in [0.25, 0.3) is 5.91 Å². The molecular formula is C15H13NO5S2. The van der Waals surface area contributed by atoms with Crippen molar-refractivity contribution in [2.45, 2.75) is 6.42 Å². The van der Waals surface area contributed by atoms with Crippen molar-refractivity contribution in [3.8, 4) is 11.5 Å². The summed E-state index contributed by atoms with van der Waals surface area (Å²) >= 11 is 6.42. The predicted octanol–water partition coefficient (Wildman–Crippen LogP) is 2.18. The van der Waals surface area contributed by atoms with Crippen LogP contribution in [0.5, 0.6) is 11.5 Å². The van der Waals surface area contributed by atoms with Gasteiger partial charge in [-0.3, -0.25) is 14.5 Å². The second-order valence-corrected chi connectivity index (χ2v) is 6.45. The number of esters is 1. The number of hydrogen-bond acceptors (Lipinski definition) is 7. The summed E-state index contributed by atoms with van der Waals surface area (Å²) in [5, 5.41) is 0. The van der Waals surface area contributed by atoms with E-state index >= 15 is 0 Å². The molecule has 0 spiro atoms. The molecule has 2 aliphatic heterocycles. The summed E-state index contributed by atoms with van der Waals surface area (Å²) in [5.41, 5.74) is 0.822. The zero-order valence-corrected chi connectivity index (χ0v) is 13.9. The Bertz CT molecular complexity index is 716. The van der Waals surface area contributed by atoms with E-state index in [9.17, 15) is 9.59 Å². The van der Waals surface area contributed by atoms with E-state index in [0.29, 0.717) is 20.7 Å². The Kier molecular flexibility index (Phi) is 4.53. The van der Waals surface area contributed by atoms with Crippen LogP contribution in [-0.4, -0.2) is 41.5 Å². The lowest BCUT2D eigenvalue weighted by Crippen LogP contribution is -2.30. The number of fused-ring (bicyclic) bond motifs is 1. The topological polar surface area (TPSA) is 65.1 Å². The number of carbonyl (C=O) groups excluding carboxylic acids is 2. The summed E-state index contributed by atoms with van der Waals surface area (Å²) in [5.74, 6) is 0.757. The first-order valence-corrected chi connectivity index (χ1v) is 8.03. The highest BCUT2D eigenvalue weighted by atomic mass is 32.2. The van der Waals surface area contributed by atoms with Gasteiger partial charge in [-0.2, -0.15) is 0 Å². The van der Waals surface area contributed by atoms with E-state index < -0.39 is 0 Å². The highest BCUT2D eigenvalue weighted by molar-refractivity contribution is 8.26. The first-order valence-electron chi connectivity index (χ1n) is 6.80. The van der Waals surface area contributed by atoms with Crippen LogP contribution in [-0.2, 0) is 14.3 Å². The number of rotatable bonds is 4. The molecule has 0 radical (unpaired) electrons. The van der Waals surface area contributed by atoms with Crippen molar-refractivity contribution < 1.29 is 23.8 Å². The Hall–Kier alpha value is -2.06. The van der Waals surface area contributed by atoms with Gasteiger partial charge in [-0.15, -0.1) is 0 Å². The van der Waals surface area contributed by atoms with Gasteiger partial charge in [-0.05, 0) is 23.8 Å². The molecule has 0 N–H and O–H groups in total. The zero-order chi connectivity index (χ0) is 16.4. The second kappa shape index (κ2) is 6.59. The molecule has 120 valence electrons. The fourth-order valence-corrected chi connectivity index (χ4v) is 3.46. The van der Waals surface area contributed by atoms with E-state index in [0.717, 1.165) is 5.56 Å². The smallest absolute Gasteiger partial charge is 0.307 e. The van der Waals surface area contributed by atoms with Crippen molar-refractivity contribution in [1.82, 2.24) is 4.90 Å². The minimum atomic E-state index is -0.376. The number of ether oxygens (including phenoxy) is 3. The van der Waals surface area contributed by atoms with Crippen LogP contribution in [0.4, 0.5) is 0 Å². The molecule has 1 fully saturated rings. The molecule has 0 aliphatic carbocycles. The lowest BCUT2D eigenvalue weighted by atomic mass is 10.2. The highest BCUT2D eigenvalue weighted by Crippen LogP contribution is 2.36. The maximum atomic E-state index is 12.4. The Morgan fingerprint density at radius 1 is 1.43 bits per heavy atom. The van der Waals surface area contributed by atoms with Gasteiger partial charge >= 0.3 is 5.97 Å². The van der Waals surface area contributed by atoms with Gasteiger partial charge in [0.1, 0.15) is 4.32 Å². The molecule has 0 aromatic heterocycles. The summed E-state index contributed by atoms with van der Waals surface area (Å²) in [6.45, 7) is 0.421. The van der Waals surface area contributed by atoms with E-state index in [2.05, 4.69) is 4.74 Å². The van der Waals surface area contributed by atoms with Crippen LogP contribution in [0.15, 0.2) is 23.1 Å². The number of methoxy groups -OCH3 is 1. The van der Waals surface area contributed by atoms with Crippen molar-refractivity contribution in [2.24, 2.45) is 0 Å². The van der Waals surface area contributed by atoms with E-state index in [-0.39, 0.29) is 31.6 Å². The lowest BCUT2D eigenvalue weighted by molar-refractivity contribution is -0.140. The van der Waals surface area contributed by atoms with Gasteiger partial charge < -0.3 is 14.2 Å². The first-order chi connectivity index (χ1) is 11.1. The van der Waals surface area contributed by atoms with Crippen molar-refractivity contribution in [2.75, 3.05) is 20.4 Å².